The van der Waals surface area contributed by atoms with Gasteiger partial charge in [0.25, 0.3) is 0 Å². The fourth-order valence-electron chi connectivity index (χ4n) is 2.15. The summed E-state index contributed by atoms with van der Waals surface area (Å²) in [5, 5.41) is 10.3. The number of imidazole rings is 1. The number of aromatic nitrogens is 2. The Labute approximate surface area is 110 Å². The number of nitrogens with two attached hydrogens (primary N) is 1. The van der Waals surface area contributed by atoms with Crippen LogP contribution < -0.4 is 5.73 Å². The molecule has 3 rings (SSSR count). The Morgan fingerprint density at radius 3 is 2.89 bits per heavy atom. The van der Waals surface area contributed by atoms with Crippen LogP contribution in [0.25, 0.3) is 11.0 Å². The molecule has 1 aliphatic rings. The van der Waals surface area contributed by atoms with Crippen LogP contribution >= 0.6 is 11.8 Å². The summed E-state index contributed by atoms with van der Waals surface area (Å²) in [6.07, 6.45) is 2.27. The van der Waals surface area contributed by atoms with Gasteiger partial charge in [0.15, 0.2) is 5.16 Å². The second kappa shape index (κ2) is 4.57. The average molecular weight is 263 g/mol. The van der Waals surface area contributed by atoms with Gasteiger partial charge in [0, 0.05) is 5.75 Å². The summed E-state index contributed by atoms with van der Waals surface area (Å²) in [7, 11) is 0. The number of H-pyrrole nitrogens is 1. The van der Waals surface area contributed by atoms with E-state index < -0.39 is 5.54 Å². The number of nitrogens with zero attached hydrogens (tertiary/aromatic N) is 1. The Morgan fingerprint density at radius 1 is 1.44 bits per heavy atom. The molecule has 0 spiro atoms. The minimum Gasteiger partial charge on any atom is -0.394 e. The summed E-state index contributed by atoms with van der Waals surface area (Å²) in [5.74, 6) is 1.17. The normalized spacial score (nSPS) is 19.0. The molecule has 1 aromatic heterocycles. The summed E-state index contributed by atoms with van der Waals surface area (Å²) < 4.78 is 0. The van der Waals surface area contributed by atoms with Crippen LogP contribution in [-0.4, -0.2) is 33.0 Å². The van der Waals surface area contributed by atoms with Crippen molar-refractivity contribution in [2.24, 2.45) is 11.7 Å². The average Bonchev–Trinajstić information content (AvgIpc) is 3.16. The van der Waals surface area contributed by atoms with E-state index in [2.05, 4.69) is 9.97 Å². The fourth-order valence-corrected chi connectivity index (χ4v) is 3.23. The number of nitrogens with one attached hydrogen (secondary N) is 1. The summed E-state index contributed by atoms with van der Waals surface area (Å²) in [6.45, 7) is 0.0465. The molecule has 1 aromatic carbocycles. The van der Waals surface area contributed by atoms with Gasteiger partial charge in [-0.2, -0.15) is 0 Å². The van der Waals surface area contributed by atoms with Gasteiger partial charge >= 0.3 is 0 Å². The monoisotopic (exact) mass is 263 g/mol. The first-order valence-corrected chi connectivity index (χ1v) is 7.17. The lowest BCUT2D eigenvalue weighted by Crippen LogP contribution is -2.48. The number of hydrogen-bond donors (Lipinski definition) is 3. The second-order valence-corrected chi connectivity index (χ2v) is 5.98. The molecule has 0 radical (unpaired) electrons. The summed E-state index contributed by atoms with van der Waals surface area (Å²) in [4.78, 5) is 7.77. The van der Waals surface area contributed by atoms with Gasteiger partial charge in [-0.25, -0.2) is 4.98 Å². The molecular formula is C13H17N3OS. The maximum absolute atomic E-state index is 9.44. The van der Waals surface area contributed by atoms with Crippen molar-refractivity contribution in [1.29, 1.82) is 0 Å². The molecule has 1 saturated carbocycles. The van der Waals surface area contributed by atoms with Crippen LogP contribution in [-0.2, 0) is 0 Å². The van der Waals surface area contributed by atoms with Gasteiger partial charge in [-0.1, -0.05) is 23.9 Å². The van der Waals surface area contributed by atoms with Crippen molar-refractivity contribution in [3.8, 4) is 0 Å². The minimum absolute atomic E-state index is 0.0465. The number of fused-ring (bicyclic) bond motifs is 1. The van der Waals surface area contributed by atoms with Crippen LogP contribution in [0.2, 0.25) is 0 Å². The van der Waals surface area contributed by atoms with Crippen LogP contribution in [0.5, 0.6) is 0 Å². The van der Waals surface area contributed by atoms with E-state index >= 15 is 0 Å². The molecule has 1 fully saturated rings. The van der Waals surface area contributed by atoms with Gasteiger partial charge in [-0.3, -0.25) is 0 Å². The smallest absolute Gasteiger partial charge is 0.166 e. The zero-order valence-electron chi connectivity index (χ0n) is 10.1. The predicted octanol–water partition coefficient (Wildman–Crippen LogP) is 1.75. The Balaban J connectivity index is 1.72. The highest BCUT2D eigenvalue weighted by molar-refractivity contribution is 7.99. The molecule has 4 N–H and O–H groups in total. The van der Waals surface area contributed by atoms with Crippen molar-refractivity contribution in [2.45, 2.75) is 23.5 Å². The fraction of sp³-hybridized carbons (Fsp3) is 0.462. The van der Waals surface area contributed by atoms with Crippen LogP contribution in [0, 0.1) is 5.92 Å². The van der Waals surface area contributed by atoms with Gasteiger partial charge in [-0.05, 0) is 30.9 Å². The lowest BCUT2D eigenvalue weighted by atomic mass is 9.99. The largest absolute Gasteiger partial charge is 0.394 e. The first-order valence-electron chi connectivity index (χ1n) is 6.18. The van der Waals surface area contributed by atoms with Gasteiger partial charge in [0.2, 0.25) is 0 Å². The van der Waals surface area contributed by atoms with Gasteiger partial charge in [0.05, 0.1) is 23.2 Å². The summed E-state index contributed by atoms with van der Waals surface area (Å²) in [6, 6.07) is 7.95. The number of rotatable bonds is 5. The van der Waals surface area contributed by atoms with Crippen molar-refractivity contribution < 1.29 is 5.11 Å². The molecule has 2 aromatic rings. The maximum Gasteiger partial charge on any atom is 0.166 e. The molecule has 0 aliphatic heterocycles. The predicted molar refractivity (Wildman–Crippen MR) is 73.5 cm³/mol. The molecule has 96 valence electrons. The Bertz CT molecular complexity index is 519. The Hall–Kier alpha value is -1.04. The molecule has 1 aliphatic carbocycles. The number of aromatic amines is 1. The van der Waals surface area contributed by atoms with Crippen molar-refractivity contribution in [1.82, 2.24) is 9.97 Å². The first kappa shape index (κ1) is 12.0. The third kappa shape index (κ3) is 2.25. The third-order valence-electron chi connectivity index (χ3n) is 3.53. The molecule has 0 bridgehead atoms. The highest BCUT2D eigenvalue weighted by Gasteiger charge is 2.41. The van der Waals surface area contributed by atoms with Gasteiger partial charge in [-0.15, -0.1) is 0 Å². The number of para-hydroxylation sites is 2. The number of aliphatic hydroxyl groups is 1. The molecule has 5 heteroatoms. The summed E-state index contributed by atoms with van der Waals surface area (Å²) >= 11 is 1.59. The van der Waals surface area contributed by atoms with Crippen LogP contribution in [0.4, 0.5) is 0 Å². The topological polar surface area (TPSA) is 74.9 Å². The standard InChI is InChI=1S/C13H17N3OS/c14-13(7-17,9-5-6-9)8-18-12-15-10-3-1-2-4-11(10)16-12/h1-4,9,17H,5-8,14H2,(H,15,16). The molecular weight excluding hydrogens is 246 g/mol. The zero-order valence-corrected chi connectivity index (χ0v) is 10.9. The van der Waals surface area contributed by atoms with E-state index in [0.717, 1.165) is 29.0 Å². The minimum atomic E-state index is -0.455. The molecule has 1 atom stereocenters. The van der Waals surface area contributed by atoms with Crippen molar-refractivity contribution in [3.05, 3.63) is 24.3 Å². The second-order valence-electron chi connectivity index (χ2n) is 5.01. The molecule has 4 nitrogen and oxygen atoms in total. The lowest BCUT2D eigenvalue weighted by Gasteiger charge is -2.26. The highest BCUT2D eigenvalue weighted by atomic mass is 32.2. The van der Waals surface area contributed by atoms with Gasteiger partial charge in [0.1, 0.15) is 0 Å². The summed E-state index contributed by atoms with van der Waals surface area (Å²) in [5.41, 5.74) is 7.79. The maximum atomic E-state index is 9.44. The molecule has 0 saturated heterocycles. The number of thioether (sulfide) groups is 1. The Kier molecular flexibility index (Phi) is 3.05. The number of hydrogen-bond acceptors (Lipinski definition) is 4. The van der Waals surface area contributed by atoms with Gasteiger partial charge < -0.3 is 15.8 Å². The van der Waals surface area contributed by atoms with E-state index in [4.69, 9.17) is 5.73 Å². The zero-order chi connectivity index (χ0) is 12.6. The number of benzene rings is 1. The van der Waals surface area contributed by atoms with E-state index in [9.17, 15) is 5.11 Å². The number of aliphatic hydroxyl groups excluding tert-OH is 1. The third-order valence-corrected chi connectivity index (χ3v) is 4.68. The SMILES string of the molecule is NC(CO)(CSc1nc2ccccc2[nH]1)C1CC1. The van der Waals surface area contributed by atoms with E-state index in [0.29, 0.717) is 11.7 Å². The van der Waals surface area contributed by atoms with Crippen molar-refractivity contribution in [2.75, 3.05) is 12.4 Å². The lowest BCUT2D eigenvalue weighted by molar-refractivity contribution is 0.194. The van der Waals surface area contributed by atoms with E-state index in [-0.39, 0.29) is 6.61 Å². The molecule has 18 heavy (non-hydrogen) atoms. The van der Waals surface area contributed by atoms with E-state index in [1.165, 1.54) is 0 Å². The van der Waals surface area contributed by atoms with E-state index in [1.807, 2.05) is 24.3 Å². The molecule has 0 amide bonds. The Morgan fingerprint density at radius 2 is 2.22 bits per heavy atom. The van der Waals surface area contributed by atoms with Crippen molar-refractivity contribution in [3.63, 3.8) is 0 Å². The quantitative estimate of drug-likeness (QED) is 0.718. The molecule has 1 unspecified atom stereocenters. The van der Waals surface area contributed by atoms with E-state index in [1.54, 1.807) is 11.8 Å². The van der Waals surface area contributed by atoms with Crippen LogP contribution in [0.1, 0.15) is 12.8 Å². The van der Waals surface area contributed by atoms with Crippen molar-refractivity contribution >= 4 is 22.8 Å². The first-order chi connectivity index (χ1) is 8.71. The van der Waals surface area contributed by atoms with Crippen LogP contribution in [0.3, 0.4) is 0 Å². The highest BCUT2D eigenvalue weighted by Crippen LogP contribution is 2.40. The molecule has 1 heterocycles. The van der Waals surface area contributed by atoms with Crippen LogP contribution in [0.15, 0.2) is 29.4 Å².